The second kappa shape index (κ2) is 14.2. The maximum Gasteiger partial charge on any atom is 0.0540 e. The fourth-order valence-electron chi connectivity index (χ4n) is 9.70. The van der Waals surface area contributed by atoms with E-state index in [9.17, 15) is 0 Å². The average molecular weight is 752 g/mol. The summed E-state index contributed by atoms with van der Waals surface area (Å²) in [5.41, 5.74) is 11.2. The van der Waals surface area contributed by atoms with Crippen LogP contribution in [0.25, 0.3) is 86.9 Å². The number of anilines is 3. The number of aryl methyl sites for hydroxylation is 2. The van der Waals surface area contributed by atoms with Crippen LogP contribution in [0.1, 0.15) is 11.1 Å². The molecule has 1 nitrogen and oxygen atoms in total. The average Bonchev–Trinajstić information content (AvgIpc) is 3.81. The minimum absolute atomic E-state index is 1.14. The highest BCUT2D eigenvalue weighted by molar-refractivity contribution is 6.47. The molecule has 0 aliphatic heterocycles. The van der Waals surface area contributed by atoms with Crippen molar-refractivity contribution in [3.8, 4) is 22.3 Å². The molecule has 12 aromatic rings. The van der Waals surface area contributed by atoms with E-state index in [2.05, 4.69) is 213 Å². The van der Waals surface area contributed by atoms with Gasteiger partial charge in [-0.15, -0.1) is 0 Å². The van der Waals surface area contributed by atoms with E-state index in [4.69, 9.17) is 0 Å². The minimum Gasteiger partial charge on any atom is -0.310 e. The first-order valence-electron chi connectivity index (χ1n) is 20.5. The fourth-order valence-corrected chi connectivity index (χ4v) is 9.70. The van der Waals surface area contributed by atoms with Crippen molar-refractivity contribution in [2.45, 2.75) is 13.8 Å². The Labute approximate surface area is 344 Å². The summed E-state index contributed by atoms with van der Waals surface area (Å²) >= 11 is 0. The van der Waals surface area contributed by atoms with Crippen molar-refractivity contribution in [3.63, 3.8) is 0 Å². The summed E-state index contributed by atoms with van der Waals surface area (Å²) in [4.78, 5) is 2.40. The van der Waals surface area contributed by atoms with Crippen molar-refractivity contribution in [3.05, 3.63) is 223 Å². The quantitative estimate of drug-likeness (QED) is 0.169. The van der Waals surface area contributed by atoms with Crippen LogP contribution in [-0.4, -0.2) is 0 Å². The Kier molecular flexibility index (Phi) is 8.34. The smallest absolute Gasteiger partial charge is 0.0540 e. The highest BCUT2D eigenvalue weighted by Crippen LogP contribution is 2.56. The van der Waals surface area contributed by atoms with Gasteiger partial charge >= 0.3 is 0 Å². The maximum absolute atomic E-state index is 2.40. The zero-order chi connectivity index (χ0) is 39.5. The van der Waals surface area contributed by atoms with Crippen molar-refractivity contribution in [2.24, 2.45) is 0 Å². The summed E-state index contributed by atoms with van der Waals surface area (Å²) in [7, 11) is 0. The number of rotatable bonds is 5. The topological polar surface area (TPSA) is 3.24 Å². The number of fused-ring (bicyclic) bond motifs is 6. The summed E-state index contributed by atoms with van der Waals surface area (Å²) in [5.74, 6) is 0. The molecule has 0 unspecified atom stereocenters. The summed E-state index contributed by atoms with van der Waals surface area (Å²) in [6, 6.07) is 77.2. The molecule has 0 atom stereocenters. The second-order valence-electron chi connectivity index (χ2n) is 15.7. The Hall–Kier alpha value is -7.48. The van der Waals surface area contributed by atoms with Crippen LogP contribution in [0.15, 0.2) is 212 Å². The van der Waals surface area contributed by atoms with Crippen molar-refractivity contribution in [1.29, 1.82) is 0 Å². The van der Waals surface area contributed by atoms with Gasteiger partial charge in [0.05, 0.1) is 5.69 Å². The molecule has 59 heavy (non-hydrogen) atoms. The van der Waals surface area contributed by atoms with Gasteiger partial charge in [0.2, 0.25) is 0 Å². The highest BCUT2D eigenvalue weighted by Gasteiger charge is 2.28. The summed E-state index contributed by atoms with van der Waals surface area (Å²) in [5, 5.41) is 15.8. The van der Waals surface area contributed by atoms with Gasteiger partial charge in [-0.05, 0) is 131 Å². The zero-order valence-electron chi connectivity index (χ0n) is 33.2. The molecule has 0 aromatic heterocycles. The lowest BCUT2D eigenvalue weighted by Crippen LogP contribution is -2.10. The molecule has 12 aromatic carbocycles. The van der Waals surface area contributed by atoms with E-state index >= 15 is 0 Å². The van der Waals surface area contributed by atoms with E-state index in [1.807, 2.05) is 18.2 Å². The van der Waals surface area contributed by atoms with E-state index in [0.717, 1.165) is 11.4 Å². The number of benzene rings is 10. The normalized spacial score (nSPS) is 11.6. The molecule has 12 rings (SSSR count). The lowest BCUT2D eigenvalue weighted by molar-refractivity contribution is 1.30. The Balaban J connectivity index is 0.000000517. The Morgan fingerprint density at radius 1 is 0.271 bits per heavy atom. The molecule has 0 fully saturated rings. The van der Waals surface area contributed by atoms with Crippen molar-refractivity contribution in [2.75, 3.05) is 4.90 Å². The lowest BCUT2D eigenvalue weighted by Gasteiger charge is -2.27. The predicted molar refractivity (Wildman–Crippen MR) is 255 cm³/mol. The van der Waals surface area contributed by atoms with Gasteiger partial charge in [0.25, 0.3) is 0 Å². The van der Waals surface area contributed by atoms with Gasteiger partial charge < -0.3 is 4.90 Å². The van der Waals surface area contributed by atoms with Crippen LogP contribution >= 0.6 is 0 Å². The molecule has 278 valence electrons. The summed E-state index contributed by atoms with van der Waals surface area (Å²) in [6.45, 7) is 4.32. The van der Waals surface area contributed by atoms with Gasteiger partial charge in [0.15, 0.2) is 0 Å². The van der Waals surface area contributed by atoms with E-state index < -0.39 is 0 Å². The lowest BCUT2D eigenvalue weighted by atomic mass is 9.87. The minimum atomic E-state index is 1.14. The number of hydrogen-bond donors (Lipinski definition) is 0. The molecule has 0 saturated heterocycles. The number of para-hydroxylation sites is 2. The van der Waals surface area contributed by atoms with Crippen LogP contribution in [0, 0.1) is 13.8 Å². The first-order chi connectivity index (χ1) is 29.2. The van der Waals surface area contributed by atoms with Crippen LogP contribution in [0.2, 0.25) is 0 Å². The Morgan fingerprint density at radius 3 is 1.10 bits per heavy atom. The van der Waals surface area contributed by atoms with Crippen molar-refractivity contribution < 1.29 is 0 Å². The standard InChI is InChI=1S/C51H33N.C7H8/c1-32-28-29-41-46-37(32)24-14-26-39(46)48-44(33-16-6-2-7-17-33)51-42-30-31-43(52(35-20-10-4-11-21-35)36-22-12-5-13-23-36)38-25-15-27-40(47(38)42)49(51)45(50(41)48)34-18-8-3-9-19-34;1-7-5-3-2-4-6-7/h2-31H,1H3;2-6H,1H3. The molecular formula is C58H41N. The first-order valence-corrected chi connectivity index (χ1v) is 20.5. The van der Waals surface area contributed by atoms with Gasteiger partial charge in [-0.3, -0.25) is 0 Å². The highest BCUT2D eigenvalue weighted by atomic mass is 15.1. The van der Waals surface area contributed by atoms with E-state index in [1.165, 1.54) is 104 Å². The molecule has 0 spiro atoms. The second-order valence-corrected chi connectivity index (χ2v) is 15.7. The van der Waals surface area contributed by atoms with Crippen LogP contribution in [0.5, 0.6) is 0 Å². The van der Waals surface area contributed by atoms with Gasteiger partial charge in [-0.2, -0.15) is 0 Å². The largest absolute Gasteiger partial charge is 0.310 e. The van der Waals surface area contributed by atoms with E-state index in [-0.39, 0.29) is 0 Å². The molecule has 0 saturated carbocycles. The Bertz CT molecular complexity index is 3270. The van der Waals surface area contributed by atoms with Crippen LogP contribution in [0.4, 0.5) is 17.1 Å². The van der Waals surface area contributed by atoms with Crippen molar-refractivity contribution >= 4 is 81.7 Å². The molecule has 1 heteroatoms. The third-order valence-electron chi connectivity index (χ3n) is 12.2. The number of hydrogen-bond acceptors (Lipinski definition) is 1. The van der Waals surface area contributed by atoms with E-state index in [1.54, 1.807) is 0 Å². The summed E-state index contributed by atoms with van der Waals surface area (Å²) in [6.07, 6.45) is 0. The monoisotopic (exact) mass is 751 g/mol. The molecule has 0 N–H and O–H groups in total. The van der Waals surface area contributed by atoms with Crippen LogP contribution < -0.4 is 4.90 Å². The summed E-state index contributed by atoms with van der Waals surface area (Å²) < 4.78 is 0. The molecule has 0 radical (unpaired) electrons. The van der Waals surface area contributed by atoms with Crippen LogP contribution in [-0.2, 0) is 0 Å². The maximum atomic E-state index is 2.40. The molecule has 0 aliphatic rings. The molecule has 0 bridgehead atoms. The molecule has 0 amide bonds. The van der Waals surface area contributed by atoms with Crippen LogP contribution in [0.3, 0.4) is 0 Å². The molecule has 0 heterocycles. The Morgan fingerprint density at radius 2 is 0.644 bits per heavy atom. The first kappa shape index (κ1) is 34.7. The third kappa shape index (κ3) is 5.54. The van der Waals surface area contributed by atoms with Gasteiger partial charge in [-0.1, -0.05) is 188 Å². The third-order valence-corrected chi connectivity index (χ3v) is 12.2. The molecular weight excluding hydrogens is 711 g/mol. The SMILES string of the molecule is Cc1ccc2c3c(-c4ccccc4)c4c5cccc6c(N(c7ccccc7)c7ccccc7)ccc(c4c(-c4ccccc4)c3c3cccc1c23)c65.Cc1ccccc1. The predicted octanol–water partition coefficient (Wildman–Crippen LogP) is 16.6. The van der Waals surface area contributed by atoms with E-state index in [0.29, 0.717) is 0 Å². The van der Waals surface area contributed by atoms with Gasteiger partial charge in [-0.25, -0.2) is 0 Å². The zero-order valence-corrected chi connectivity index (χ0v) is 33.2. The van der Waals surface area contributed by atoms with Gasteiger partial charge in [0.1, 0.15) is 0 Å². The van der Waals surface area contributed by atoms with Crippen molar-refractivity contribution in [1.82, 2.24) is 0 Å². The van der Waals surface area contributed by atoms with Gasteiger partial charge in [0, 0.05) is 16.8 Å². The number of nitrogens with zero attached hydrogens (tertiary/aromatic N) is 1. The fraction of sp³-hybridized carbons (Fsp3) is 0.0345. The molecule has 0 aliphatic carbocycles.